The number of benzene rings is 6. The molecule has 0 saturated heterocycles. The van der Waals surface area contributed by atoms with Crippen LogP contribution in [0, 0.1) is 33.7 Å². The minimum atomic E-state index is -2.60. The third kappa shape index (κ3) is 8.40. The van der Waals surface area contributed by atoms with Crippen LogP contribution in [-0.4, -0.2) is 19.6 Å². The first kappa shape index (κ1) is 37.2. The van der Waals surface area contributed by atoms with Crippen molar-refractivity contribution in [1.82, 2.24) is 14.5 Å². The van der Waals surface area contributed by atoms with Crippen LogP contribution in [0.25, 0.3) is 72.7 Å². The maximum absolute atomic E-state index is 11.8. The molecule has 8 aromatic rings. The summed E-state index contributed by atoms with van der Waals surface area (Å²) < 4.78 is 47.2. The van der Waals surface area contributed by atoms with E-state index in [1.54, 1.807) is 39.8 Å². The molecule has 4 nitrogen and oxygen atoms in total. The summed E-state index contributed by atoms with van der Waals surface area (Å²) in [5.74, 6) is -1.64. The molecule has 0 fully saturated rings. The molecular weight excluding hydrogens is 926 g/mol. The van der Waals surface area contributed by atoms with Crippen LogP contribution in [-0.2, 0) is 26.5 Å². The van der Waals surface area contributed by atoms with Gasteiger partial charge in [-0.15, -0.1) is 29.3 Å². The molecule has 2 aromatic heterocycles. The minimum Gasteiger partial charge on any atom is -0.507 e. The van der Waals surface area contributed by atoms with Crippen LogP contribution in [0.4, 0.5) is 0 Å². The van der Waals surface area contributed by atoms with E-state index in [2.05, 4.69) is 76.2 Å². The summed E-state index contributed by atoms with van der Waals surface area (Å²) in [7, 11) is 0. The van der Waals surface area contributed by atoms with Crippen LogP contribution in [0.1, 0.15) is 106 Å². The van der Waals surface area contributed by atoms with E-state index in [0.717, 1.165) is 44.6 Å². The average molecular weight is 987 g/mol. The summed E-state index contributed by atoms with van der Waals surface area (Å²) >= 11 is 0. The van der Waals surface area contributed by atoms with Crippen LogP contribution in [0.2, 0.25) is 0 Å². The van der Waals surface area contributed by atoms with Gasteiger partial charge in [0.15, 0.2) is 0 Å². The standard InChI is InChI=1S/C56H56N3O.Pt/c1-33(2)45-14-12-15-46(34(3)4)52(45)41-22-23-50(37(7)28-41)59-51-17-13-16-47(53(51)58-55(59)48-27-36(6)26-38(8)54(48)60)42-29-43(31-44(30-42)56(9,10)11)49-32-40(24-25-57-49)39-20-18-35(5)19-21-39;/h12-28,30-34,60H,1-11H3;/q-1;/i7D3,33D,34D;. The second-order valence-electron chi connectivity index (χ2n) is 17.6. The van der Waals surface area contributed by atoms with Gasteiger partial charge < -0.3 is 5.11 Å². The molecule has 61 heavy (non-hydrogen) atoms. The summed E-state index contributed by atoms with van der Waals surface area (Å²) in [5.41, 5.74) is 13.8. The summed E-state index contributed by atoms with van der Waals surface area (Å²) in [6, 6.07) is 41.3. The van der Waals surface area contributed by atoms with Crippen molar-refractivity contribution in [2.45, 2.75) is 93.3 Å². The van der Waals surface area contributed by atoms with Crippen molar-refractivity contribution >= 4 is 11.0 Å². The van der Waals surface area contributed by atoms with Crippen molar-refractivity contribution in [2.75, 3.05) is 0 Å². The van der Waals surface area contributed by atoms with E-state index in [0.29, 0.717) is 55.9 Å². The molecule has 0 amide bonds. The van der Waals surface area contributed by atoms with E-state index >= 15 is 0 Å². The number of aromatic nitrogens is 3. The van der Waals surface area contributed by atoms with Gasteiger partial charge in [-0.05, 0) is 125 Å². The number of pyridine rings is 1. The Morgan fingerprint density at radius 3 is 2.03 bits per heavy atom. The molecular formula is C56H56N3OPt-. The van der Waals surface area contributed by atoms with Gasteiger partial charge in [0.1, 0.15) is 11.6 Å². The van der Waals surface area contributed by atoms with E-state index in [4.69, 9.17) is 16.8 Å². The Hall–Kier alpha value is -5.57. The predicted molar refractivity (Wildman–Crippen MR) is 252 cm³/mol. The third-order valence-electron chi connectivity index (χ3n) is 11.5. The van der Waals surface area contributed by atoms with E-state index in [1.807, 2.05) is 85.3 Å². The van der Waals surface area contributed by atoms with E-state index in [-0.39, 0.29) is 37.8 Å². The fourth-order valence-corrected chi connectivity index (χ4v) is 8.24. The number of para-hydroxylation sites is 1. The molecule has 0 spiro atoms. The molecule has 0 unspecified atom stereocenters. The molecule has 0 radical (unpaired) electrons. The first-order valence-corrected chi connectivity index (χ1v) is 20.6. The van der Waals surface area contributed by atoms with Crippen LogP contribution in [0.3, 0.4) is 0 Å². The number of phenols is 1. The smallest absolute Gasteiger partial charge is 0.148 e. The minimum absolute atomic E-state index is 0. The normalized spacial score (nSPS) is 13.5. The number of aromatic hydroxyl groups is 1. The van der Waals surface area contributed by atoms with E-state index in [1.165, 1.54) is 5.56 Å². The fraction of sp³-hybridized carbons (Fsp3) is 0.250. The van der Waals surface area contributed by atoms with Crippen LogP contribution in [0.15, 0.2) is 121 Å². The quantitative estimate of drug-likeness (QED) is 0.154. The summed E-state index contributed by atoms with van der Waals surface area (Å²) in [6.07, 6.45) is 1.83. The Balaban J connectivity index is 0.00000648. The Morgan fingerprint density at radius 2 is 1.36 bits per heavy atom. The van der Waals surface area contributed by atoms with Crippen molar-refractivity contribution in [3.63, 3.8) is 0 Å². The topological polar surface area (TPSA) is 50.9 Å². The zero-order chi connectivity index (χ0) is 47.0. The number of fused-ring (bicyclic) bond motifs is 1. The van der Waals surface area contributed by atoms with Gasteiger partial charge in [0.05, 0.1) is 22.3 Å². The van der Waals surface area contributed by atoms with Crippen molar-refractivity contribution < 1.29 is 33.0 Å². The number of hydrogen-bond donors (Lipinski definition) is 1. The molecule has 0 aliphatic heterocycles. The van der Waals surface area contributed by atoms with Crippen molar-refractivity contribution in [2.24, 2.45) is 0 Å². The molecule has 2 heterocycles. The maximum Gasteiger partial charge on any atom is 0.148 e. The van der Waals surface area contributed by atoms with Gasteiger partial charge >= 0.3 is 0 Å². The van der Waals surface area contributed by atoms with Crippen LogP contribution in [0.5, 0.6) is 5.75 Å². The molecule has 8 rings (SSSR count). The molecule has 1 N–H and O–H groups in total. The van der Waals surface area contributed by atoms with Gasteiger partial charge in [-0.1, -0.05) is 138 Å². The molecule has 0 saturated carbocycles. The van der Waals surface area contributed by atoms with Gasteiger partial charge in [0.2, 0.25) is 0 Å². The fourth-order valence-electron chi connectivity index (χ4n) is 8.24. The number of hydrogen-bond acceptors (Lipinski definition) is 3. The molecule has 0 aliphatic rings. The largest absolute Gasteiger partial charge is 0.507 e. The van der Waals surface area contributed by atoms with Gasteiger partial charge in [0, 0.05) is 39.8 Å². The number of imidazole rings is 1. The number of aryl methyl sites for hydroxylation is 4. The Kier molecular flexibility index (Phi) is 10.4. The van der Waals surface area contributed by atoms with Crippen molar-refractivity contribution in [3.05, 3.63) is 166 Å². The van der Waals surface area contributed by atoms with Gasteiger partial charge in [-0.25, -0.2) is 4.98 Å². The third-order valence-corrected chi connectivity index (χ3v) is 11.5. The second kappa shape index (κ2) is 17.1. The number of nitrogens with zero attached hydrogens (tertiary/aromatic N) is 3. The average Bonchev–Trinajstić information content (AvgIpc) is 3.63. The first-order chi connectivity index (χ1) is 30.4. The summed E-state index contributed by atoms with van der Waals surface area (Å²) in [6.45, 7) is 17.0. The van der Waals surface area contributed by atoms with Gasteiger partial charge in [-0.2, -0.15) is 0 Å². The van der Waals surface area contributed by atoms with Crippen LogP contribution < -0.4 is 0 Å². The van der Waals surface area contributed by atoms with E-state index < -0.39 is 18.6 Å². The monoisotopic (exact) mass is 986 g/mol. The Morgan fingerprint density at radius 1 is 0.689 bits per heavy atom. The summed E-state index contributed by atoms with van der Waals surface area (Å²) in [4.78, 5) is 10.2. The van der Waals surface area contributed by atoms with Crippen molar-refractivity contribution in [1.29, 1.82) is 0 Å². The van der Waals surface area contributed by atoms with Crippen molar-refractivity contribution in [3.8, 4) is 67.5 Å². The zero-order valence-electron chi connectivity index (χ0n) is 41.7. The Labute approximate surface area is 384 Å². The molecule has 0 atom stereocenters. The SMILES string of the molecule is [2H]C([2H])([2H])c1cc(-c2c(C([2H])(C)C)cccc2C([2H])(C)C)ccc1-n1c(-c2cc(C)cc(C)c2O)nc2c(-c3[c-]c(-c4cc(-c5ccc(C)cc5)ccn4)cc(C(C)(C)C)c3)cccc21.[Pt]. The molecule has 0 aliphatic carbocycles. The first-order valence-electron chi connectivity index (χ1n) is 23.1. The number of phenolic OH excluding ortho intramolecular Hbond substituents is 1. The van der Waals surface area contributed by atoms with Gasteiger partial charge in [-0.3, -0.25) is 9.55 Å². The second-order valence-corrected chi connectivity index (χ2v) is 17.6. The maximum atomic E-state index is 11.8. The Bertz CT molecular complexity index is 3100. The predicted octanol–water partition coefficient (Wildman–Crippen LogP) is 15.0. The van der Waals surface area contributed by atoms with Gasteiger partial charge in [0.25, 0.3) is 0 Å². The van der Waals surface area contributed by atoms with Crippen LogP contribution >= 0.6 is 0 Å². The molecule has 6 aromatic carbocycles. The molecule has 5 heteroatoms. The van der Waals surface area contributed by atoms with E-state index in [9.17, 15) is 5.11 Å². The zero-order valence-corrected chi connectivity index (χ0v) is 38.9. The summed E-state index contributed by atoms with van der Waals surface area (Å²) in [5, 5.41) is 11.8. The number of rotatable bonds is 8. The molecule has 312 valence electrons. The molecule has 0 bridgehead atoms.